The quantitative estimate of drug-likeness (QED) is 0.732. The van der Waals surface area contributed by atoms with E-state index in [2.05, 4.69) is 9.97 Å². The first-order valence-electron chi connectivity index (χ1n) is 8.95. The average molecular weight is 431 g/mol. The number of amides is 1. The van der Waals surface area contributed by atoms with Crippen molar-refractivity contribution in [2.75, 3.05) is 22.3 Å². The van der Waals surface area contributed by atoms with Crippen molar-refractivity contribution in [3.05, 3.63) is 36.4 Å². The number of carbonyl (C=O) groups is 1. The van der Waals surface area contributed by atoms with Crippen LogP contribution in [0.2, 0.25) is 0 Å². The van der Waals surface area contributed by atoms with Crippen molar-refractivity contribution >= 4 is 28.8 Å². The predicted molar refractivity (Wildman–Crippen MR) is 100 cm³/mol. The first-order valence-corrected chi connectivity index (χ1v) is 10.0. The highest BCUT2D eigenvalue weighted by molar-refractivity contribution is 7.81. The van der Waals surface area contributed by atoms with Crippen molar-refractivity contribution in [3.63, 3.8) is 0 Å². The standard InChI is InChI=1S/C17H20F3N5O3S/c1-2-23-10-15(22-11-23)24-7-3-4-12(9-24)16(26)25(29(27)28)14-6-5-13(8-21-14)17(18,19)20/h5-6,8,10-12H,2-4,7,9H2,1H3,(H,27,28)/t12-/m1/s1. The number of pyridine rings is 1. The molecule has 0 saturated carbocycles. The van der Waals surface area contributed by atoms with Gasteiger partial charge in [0.2, 0.25) is 5.91 Å². The number of hydrogen-bond acceptors (Lipinski definition) is 5. The van der Waals surface area contributed by atoms with Crippen LogP contribution in [0.3, 0.4) is 0 Å². The van der Waals surface area contributed by atoms with Gasteiger partial charge in [0.1, 0.15) is 11.6 Å². The molecule has 1 N–H and O–H groups in total. The first kappa shape index (κ1) is 21.2. The molecular formula is C17H20F3N5O3S. The molecule has 1 fully saturated rings. The highest BCUT2D eigenvalue weighted by Gasteiger charge is 2.35. The van der Waals surface area contributed by atoms with E-state index in [-0.39, 0.29) is 12.4 Å². The minimum atomic E-state index is -4.59. The third kappa shape index (κ3) is 4.75. The maximum absolute atomic E-state index is 12.9. The third-order valence-electron chi connectivity index (χ3n) is 4.72. The number of imidazole rings is 1. The maximum atomic E-state index is 12.9. The summed E-state index contributed by atoms with van der Waals surface area (Å²) in [4.78, 5) is 22.7. The van der Waals surface area contributed by atoms with Crippen LogP contribution in [0.15, 0.2) is 30.9 Å². The van der Waals surface area contributed by atoms with E-state index in [1.54, 1.807) is 6.33 Å². The lowest BCUT2D eigenvalue weighted by Gasteiger charge is -2.33. The zero-order valence-electron chi connectivity index (χ0n) is 15.5. The second kappa shape index (κ2) is 8.49. The lowest BCUT2D eigenvalue weighted by molar-refractivity contribution is -0.137. The summed E-state index contributed by atoms with van der Waals surface area (Å²) in [6, 6.07) is 1.64. The third-order valence-corrected chi connectivity index (χ3v) is 5.40. The van der Waals surface area contributed by atoms with Crippen molar-refractivity contribution in [1.29, 1.82) is 0 Å². The summed E-state index contributed by atoms with van der Waals surface area (Å²) in [7, 11) is 0. The number of halogens is 3. The Balaban J connectivity index is 1.79. The summed E-state index contributed by atoms with van der Waals surface area (Å²) in [5, 5.41) is 0. The second-order valence-electron chi connectivity index (χ2n) is 6.61. The van der Waals surface area contributed by atoms with Crippen LogP contribution >= 0.6 is 0 Å². The normalized spacial score (nSPS) is 18.5. The van der Waals surface area contributed by atoms with Gasteiger partial charge in [-0.15, -0.1) is 0 Å². The fourth-order valence-electron chi connectivity index (χ4n) is 3.18. The van der Waals surface area contributed by atoms with E-state index >= 15 is 0 Å². The van der Waals surface area contributed by atoms with Crippen LogP contribution in [0, 0.1) is 5.92 Å². The molecule has 0 aromatic carbocycles. The van der Waals surface area contributed by atoms with Gasteiger partial charge in [0.05, 0.1) is 17.8 Å². The van der Waals surface area contributed by atoms with E-state index in [1.807, 2.05) is 22.6 Å². The van der Waals surface area contributed by atoms with Gasteiger partial charge in [-0.25, -0.2) is 14.2 Å². The van der Waals surface area contributed by atoms with Gasteiger partial charge in [-0.1, -0.05) is 0 Å². The smallest absolute Gasteiger partial charge is 0.355 e. The van der Waals surface area contributed by atoms with Crippen LogP contribution in [-0.2, 0) is 28.8 Å². The molecule has 1 saturated heterocycles. The van der Waals surface area contributed by atoms with Crippen LogP contribution in [-0.4, -0.2) is 42.3 Å². The summed E-state index contributed by atoms with van der Waals surface area (Å²) in [6.45, 7) is 3.69. The molecule has 1 aliphatic rings. The number of aromatic nitrogens is 3. The molecule has 8 nitrogen and oxygen atoms in total. The molecule has 0 spiro atoms. The van der Waals surface area contributed by atoms with E-state index in [1.165, 1.54) is 0 Å². The van der Waals surface area contributed by atoms with Gasteiger partial charge in [-0.05, 0) is 31.9 Å². The lowest BCUT2D eigenvalue weighted by Crippen LogP contribution is -2.46. The Morgan fingerprint density at radius 2 is 2.14 bits per heavy atom. The Kier molecular flexibility index (Phi) is 6.22. The van der Waals surface area contributed by atoms with Gasteiger partial charge in [0.15, 0.2) is 0 Å². The molecule has 3 rings (SSSR count). The number of nitrogens with zero attached hydrogens (tertiary/aromatic N) is 5. The zero-order valence-corrected chi connectivity index (χ0v) is 16.4. The van der Waals surface area contributed by atoms with Crippen molar-refractivity contribution in [3.8, 4) is 0 Å². The topological polar surface area (TPSA) is 91.6 Å². The molecule has 0 bridgehead atoms. The van der Waals surface area contributed by atoms with E-state index < -0.39 is 34.8 Å². The molecule has 29 heavy (non-hydrogen) atoms. The molecule has 2 aromatic rings. The molecule has 1 aliphatic heterocycles. The predicted octanol–water partition coefficient (Wildman–Crippen LogP) is 2.70. The summed E-state index contributed by atoms with van der Waals surface area (Å²) in [5.41, 5.74) is -1.01. The van der Waals surface area contributed by atoms with Gasteiger partial charge >= 0.3 is 6.18 Å². The molecule has 0 aliphatic carbocycles. The molecule has 12 heteroatoms. The Bertz CT molecular complexity index is 887. The summed E-state index contributed by atoms with van der Waals surface area (Å²) < 4.78 is 62.0. The van der Waals surface area contributed by atoms with Gasteiger partial charge in [-0.2, -0.15) is 17.5 Å². The Labute approximate surface area is 167 Å². The highest BCUT2D eigenvalue weighted by Crippen LogP contribution is 2.30. The van der Waals surface area contributed by atoms with Crippen molar-refractivity contribution in [1.82, 2.24) is 14.5 Å². The molecule has 158 valence electrons. The number of hydrogen-bond donors (Lipinski definition) is 1. The van der Waals surface area contributed by atoms with Crippen LogP contribution in [0.5, 0.6) is 0 Å². The van der Waals surface area contributed by atoms with Crippen molar-refractivity contribution in [2.45, 2.75) is 32.5 Å². The highest BCUT2D eigenvalue weighted by atomic mass is 32.2. The lowest BCUT2D eigenvalue weighted by atomic mass is 9.97. The summed E-state index contributed by atoms with van der Waals surface area (Å²) in [6.07, 6.45) is 0.631. The molecule has 3 heterocycles. The van der Waals surface area contributed by atoms with E-state index in [0.29, 0.717) is 35.7 Å². The largest absolute Gasteiger partial charge is 0.417 e. The monoisotopic (exact) mass is 431 g/mol. The van der Waals surface area contributed by atoms with Crippen LogP contribution < -0.4 is 9.21 Å². The number of carbonyl (C=O) groups excluding carboxylic acids is 1. The number of alkyl halides is 3. The van der Waals surface area contributed by atoms with Crippen molar-refractivity contribution < 1.29 is 26.7 Å². The average Bonchev–Trinajstić information content (AvgIpc) is 3.17. The van der Waals surface area contributed by atoms with Crippen LogP contribution in [0.25, 0.3) is 0 Å². The summed E-state index contributed by atoms with van der Waals surface area (Å²) >= 11 is -2.77. The van der Waals surface area contributed by atoms with Crippen LogP contribution in [0.4, 0.5) is 24.8 Å². The Hall–Kier alpha value is -2.47. The van der Waals surface area contributed by atoms with E-state index in [9.17, 15) is 26.7 Å². The molecule has 1 unspecified atom stereocenters. The van der Waals surface area contributed by atoms with E-state index in [4.69, 9.17) is 0 Å². The number of aryl methyl sites for hydroxylation is 1. The number of anilines is 2. The maximum Gasteiger partial charge on any atom is 0.417 e. The molecular weight excluding hydrogens is 411 g/mol. The van der Waals surface area contributed by atoms with Gasteiger partial charge in [0.25, 0.3) is 11.3 Å². The second-order valence-corrected chi connectivity index (χ2v) is 7.44. The fraction of sp³-hybridized carbons (Fsp3) is 0.471. The Morgan fingerprint density at radius 3 is 2.69 bits per heavy atom. The fourth-order valence-corrected chi connectivity index (χ4v) is 3.75. The molecule has 1 amide bonds. The van der Waals surface area contributed by atoms with E-state index in [0.717, 1.165) is 18.7 Å². The minimum Gasteiger partial charge on any atom is -0.355 e. The van der Waals surface area contributed by atoms with Crippen molar-refractivity contribution in [2.24, 2.45) is 5.92 Å². The molecule has 2 aromatic heterocycles. The van der Waals surface area contributed by atoms with Gasteiger partial charge in [-0.3, -0.25) is 9.35 Å². The summed E-state index contributed by atoms with van der Waals surface area (Å²) in [5.74, 6) is -0.890. The van der Waals surface area contributed by atoms with Crippen LogP contribution in [0.1, 0.15) is 25.3 Å². The SMILES string of the molecule is CCn1cnc(N2CCC[C@@H](C(=O)N(c3ccc(C(F)(F)F)cn3)S(=O)O)C2)c1. The number of piperidine rings is 1. The zero-order chi connectivity index (χ0) is 21.2. The van der Waals surface area contributed by atoms with Gasteiger partial charge < -0.3 is 9.47 Å². The minimum absolute atomic E-state index is 0.286. The Morgan fingerprint density at radius 1 is 1.38 bits per heavy atom. The van der Waals surface area contributed by atoms with Gasteiger partial charge in [0, 0.05) is 32.0 Å². The molecule has 0 radical (unpaired) electrons. The first-order chi connectivity index (χ1) is 13.7. The number of rotatable bonds is 5. The molecule has 2 atom stereocenters.